The van der Waals surface area contributed by atoms with Gasteiger partial charge in [0, 0.05) is 10.5 Å². The van der Waals surface area contributed by atoms with Crippen molar-refractivity contribution in [1.29, 1.82) is 0 Å². The Bertz CT molecular complexity index is 556. The topological polar surface area (TPSA) is 35.2 Å². The van der Waals surface area contributed by atoms with Gasteiger partial charge in [0.15, 0.2) is 0 Å². The molecule has 0 aliphatic rings. The second-order valence-electron chi connectivity index (χ2n) is 5.05. The molecule has 0 fully saturated rings. The lowest BCUT2D eigenvalue weighted by Gasteiger charge is -2.13. The maximum Gasteiger partial charge on any atom is 0.119 e. The summed E-state index contributed by atoms with van der Waals surface area (Å²) in [5.74, 6) is 0.916. The van der Waals surface area contributed by atoms with Gasteiger partial charge >= 0.3 is 0 Å². The number of benzene rings is 2. The minimum absolute atomic E-state index is 0.120. The van der Waals surface area contributed by atoms with Crippen molar-refractivity contribution < 1.29 is 4.74 Å². The average Bonchev–Trinajstić information content (AvgIpc) is 2.38. The van der Waals surface area contributed by atoms with Crippen LogP contribution in [-0.2, 0) is 6.42 Å². The molecule has 2 rings (SSSR count). The van der Waals surface area contributed by atoms with Gasteiger partial charge in [0.25, 0.3) is 0 Å². The van der Waals surface area contributed by atoms with E-state index in [9.17, 15) is 0 Å². The second-order valence-corrected chi connectivity index (χ2v) is 5.96. The van der Waals surface area contributed by atoms with Crippen LogP contribution in [0, 0.1) is 6.92 Å². The summed E-state index contributed by atoms with van der Waals surface area (Å²) in [7, 11) is 0. The van der Waals surface area contributed by atoms with Crippen molar-refractivity contribution in [3.8, 4) is 5.75 Å². The highest BCUT2D eigenvalue weighted by Gasteiger charge is 2.05. The molecule has 106 valence electrons. The first kappa shape index (κ1) is 15.1. The largest absolute Gasteiger partial charge is 0.494 e. The van der Waals surface area contributed by atoms with Crippen LogP contribution in [0.4, 0.5) is 0 Å². The van der Waals surface area contributed by atoms with Crippen molar-refractivity contribution in [1.82, 2.24) is 0 Å². The fourth-order valence-corrected chi connectivity index (χ4v) is 2.55. The molecular weight excluding hydrogens is 314 g/mol. The first-order chi connectivity index (χ1) is 9.63. The van der Waals surface area contributed by atoms with Crippen LogP contribution in [0.1, 0.15) is 17.5 Å². The Balaban J connectivity index is 1.76. The van der Waals surface area contributed by atoms with Gasteiger partial charge in [-0.25, -0.2) is 0 Å². The van der Waals surface area contributed by atoms with Gasteiger partial charge in [0.2, 0.25) is 0 Å². The molecule has 2 aromatic rings. The molecule has 0 saturated heterocycles. The molecule has 0 aliphatic heterocycles. The highest BCUT2D eigenvalue weighted by atomic mass is 79.9. The summed E-state index contributed by atoms with van der Waals surface area (Å²) in [6.45, 7) is 2.71. The first-order valence-electron chi connectivity index (χ1n) is 6.83. The molecule has 2 aromatic carbocycles. The summed E-state index contributed by atoms with van der Waals surface area (Å²) in [6.07, 6.45) is 1.72. The minimum Gasteiger partial charge on any atom is -0.494 e. The number of ether oxygens (including phenoxy) is 1. The Morgan fingerprint density at radius 3 is 2.70 bits per heavy atom. The predicted molar refractivity (Wildman–Crippen MR) is 87.1 cm³/mol. The second kappa shape index (κ2) is 7.46. The number of halogens is 1. The third-order valence-corrected chi connectivity index (χ3v) is 3.63. The van der Waals surface area contributed by atoms with Crippen LogP contribution < -0.4 is 10.5 Å². The fourth-order valence-electron chi connectivity index (χ4n) is 2.10. The zero-order valence-corrected chi connectivity index (χ0v) is 13.3. The molecule has 0 aromatic heterocycles. The fraction of sp³-hybridized carbons (Fsp3) is 0.294. The molecule has 0 heterocycles. The molecule has 1 atom stereocenters. The van der Waals surface area contributed by atoms with Gasteiger partial charge in [-0.1, -0.05) is 40.2 Å². The number of hydrogen-bond donors (Lipinski definition) is 1. The summed E-state index contributed by atoms with van der Waals surface area (Å²) in [5, 5.41) is 0. The Hall–Kier alpha value is -1.32. The average molecular weight is 334 g/mol. The normalized spacial score (nSPS) is 12.2. The van der Waals surface area contributed by atoms with Crippen molar-refractivity contribution in [3.63, 3.8) is 0 Å². The third kappa shape index (κ3) is 4.99. The Kier molecular flexibility index (Phi) is 5.62. The number of hydrogen-bond acceptors (Lipinski definition) is 2. The molecule has 0 amide bonds. The quantitative estimate of drug-likeness (QED) is 0.863. The molecule has 0 saturated carbocycles. The van der Waals surface area contributed by atoms with E-state index in [0.717, 1.165) is 23.1 Å². The van der Waals surface area contributed by atoms with E-state index in [-0.39, 0.29) is 6.04 Å². The van der Waals surface area contributed by atoms with Crippen molar-refractivity contribution in [2.24, 2.45) is 5.73 Å². The standard InChI is InChI=1S/C17H20BrNO/c1-13-4-2-7-17(10-13)20-9-8-16(19)12-14-5-3-6-15(18)11-14/h2-7,10-11,16H,8-9,12,19H2,1H3. The predicted octanol–water partition coefficient (Wildman–Crippen LogP) is 4.10. The Morgan fingerprint density at radius 1 is 1.15 bits per heavy atom. The van der Waals surface area contributed by atoms with Crippen LogP contribution >= 0.6 is 15.9 Å². The first-order valence-corrected chi connectivity index (χ1v) is 7.62. The molecule has 0 radical (unpaired) electrons. The lowest BCUT2D eigenvalue weighted by Crippen LogP contribution is -2.25. The van der Waals surface area contributed by atoms with Crippen molar-refractivity contribution in [2.75, 3.05) is 6.61 Å². The molecule has 2 N–H and O–H groups in total. The van der Waals surface area contributed by atoms with Gasteiger partial charge < -0.3 is 10.5 Å². The van der Waals surface area contributed by atoms with Crippen molar-refractivity contribution >= 4 is 15.9 Å². The summed E-state index contributed by atoms with van der Waals surface area (Å²) in [6, 6.07) is 16.5. The third-order valence-electron chi connectivity index (χ3n) is 3.13. The van der Waals surface area contributed by atoms with E-state index in [2.05, 4.69) is 41.1 Å². The number of aryl methyl sites for hydroxylation is 1. The zero-order valence-electron chi connectivity index (χ0n) is 11.7. The summed E-state index contributed by atoms with van der Waals surface area (Å²) < 4.78 is 6.83. The Labute approximate surface area is 129 Å². The van der Waals surface area contributed by atoms with E-state index >= 15 is 0 Å². The lowest BCUT2D eigenvalue weighted by atomic mass is 10.0. The van der Waals surface area contributed by atoms with Gasteiger partial charge in [-0.15, -0.1) is 0 Å². The van der Waals surface area contributed by atoms with Gasteiger partial charge in [-0.2, -0.15) is 0 Å². The molecular formula is C17H20BrNO. The van der Waals surface area contributed by atoms with Gasteiger partial charge in [-0.05, 0) is 55.2 Å². The molecule has 0 bridgehead atoms. The van der Waals surface area contributed by atoms with E-state index in [1.165, 1.54) is 11.1 Å². The van der Waals surface area contributed by atoms with E-state index in [1.54, 1.807) is 0 Å². The van der Waals surface area contributed by atoms with Gasteiger partial charge in [0.1, 0.15) is 5.75 Å². The van der Waals surface area contributed by atoms with Crippen LogP contribution in [0.25, 0.3) is 0 Å². The highest BCUT2D eigenvalue weighted by molar-refractivity contribution is 9.10. The smallest absolute Gasteiger partial charge is 0.119 e. The highest BCUT2D eigenvalue weighted by Crippen LogP contribution is 2.15. The molecule has 0 aliphatic carbocycles. The zero-order chi connectivity index (χ0) is 14.4. The van der Waals surface area contributed by atoms with Crippen LogP contribution in [0.3, 0.4) is 0 Å². The maximum absolute atomic E-state index is 6.15. The van der Waals surface area contributed by atoms with Gasteiger partial charge in [0.05, 0.1) is 6.61 Å². The maximum atomic E-state index is 6.15. The van der Waals surface area contributed by atoms with Crippen molar-refractivity contribution in [2.45, 2.75) is 25.8 Å². The van der Waals surface area contributed by atoms with Crippen molar-refractivity contribution in [3.05, 3.63) is 64.1 Å². The Morgan fingerprint density at radius 2 is 1.95 bits per heavy atom. The van der Waals surface area contributed by atoms with E-state index in [1.807, 2.05) is 30.3 Å². The summed E-state index contributed by atoms with van der Waals surface area (Å²) in [5.41, 5.74) is 8.62. The van der Waals surface area contributed by atoms with Crippen LogP contribution in [-0.4, -0.2) is 12.6 Å². The van der Waals surface area contributed by atoms with E-state index in [4.69, 9.17) is 10.5 Å². The molecule has 2 nitrogen and oxygen atoms in total. The molecule has 3 heteroatoms. The van der Waals surface area contributed by atoms with E-state index < -0.39 is 0 Å². The molecule has 20 heavy (non-hydrogen) atoms. The number of nitrogens with two attached hydrogens (primary N) is 1. The molecule has 1 unspecified atom stereocenters. The monoisotopic (exact) mass is 333 g/mol. The van der Waals surface area contributed by atoms with Gasteiger partial charge in [-0.3, -0.25) is 0 Å². The lowest BCUT2D eigenvalue weighted by molar-refractivity contribution is 0.297. The van der Waals surface area contributed by atoms with Crippen LogP contribution in [0.15, 0.2) is 53.0 Å². The van der Waals surface area contributed by atoms with E-state index in [0.29, 0.717) is 6.61 Å². The SMILES string of the molecule is Cc1cccc(OCCC(N)Cc2cccc(Br)c2)c1. The number of rotatable bonds is 6. The summed E-state index contributed by atoms with van der Waals surface area (Å²) >= 11 is 3.48. The minimum atomic E-state index is 0.120. The van der Waals surface area contributed by atoms with Crippen LogP contribution in [0.2, 0.25) is 0 Å². The van der Waals surface area contributed by atoms with Crippen LogP contribution in [0.5, 0.6) is 5.75 Å². The molecule has 0 spiro atoms. The summed E-state index contributed by atoms with van der Waals surface area (Å²) in [4.78, 5) is 0.